The van der Waals surface area contributed by atoms with Crippen LogP contribution in [0.2, 0.25) is 0 Å². The van der Waals surface area contributed by atoms with Crippen molar-refractivity contribution in [1.82, 2.24) is 10.3 Å². The molecular weight excluding hydrogens is 338 g/mol. The van der Waals surface area contributed by atoms with Gasteiger partial charge < -0.3 is 10.6 Å². The summed E-state index contributed by atoms with van der Waals surface area (Å²) in [5.41, 5.74) is 0.192. The molecular formula is C17H15F4N3O. The number of halogens is 4. The lowest BCUT2D eigenvalue weighted by atomic mass is 9.88. The van der Waals surface area contributed by atoms with Gasteiger partial charge in [-0.15, -0.1) is 0 Å². The Balaban J connectivity index is 1.81. The number of alkyl halides is 2. The highest BCUT2D eigenvalue weighted by molar-refractivity contribution is 5.86. The van der Waals surface area contributed by atoms with Gasteiger partial charge in [0.2, 0.25) is 5.91 Å². The molecule has 1 amide bonds. The third kappa shape index (κ3) is 4.07. The first kappa shape index (κ1) is 17.2. The Labute approximate surface area is 141 Å². The van der Waals surface area contributed by atoms with Crippen LogP contribution < -0.4 is 10.6 Å². The van der Waals surface area contributed by atoms with Crippen molar-refractivity contribution in [2.24, 2.45) is 0 Å². The van der Waals surface area contributed by atoms with Crippen LogP contribution in [0.15, 0.2) is 42.7 Å². The fourth-order valence-corrected chi connectivity index (χ4v) is 2.70. The Bertz CT molecular complexity index is 776. The monoisotopic (exact) mass is 353 g/mol. The van der Waals surface area contributed by atoms with Crippen LogP contribution in [0.5, 0.6) is 0 Å². The van der Waals surface area contributed by atoms with Gasteiger partial charge in [0, 0.05) is 30.5 Å². The van der Waals surface area contributed by atoms with Crippen molar-refractivity contribution in [2.75, 3.05) is 5.32 Å². The first-order valence-corrected chi connectivity index (χ1v) is 7.64. The molecule has 3 rings (SSSR count). The number of nitrogens with zero attached hydrogens (tertiary/aromatic N) is 1. The highest BCUT2D eigenvalue weighted by Crippen LogP contribution is 2.37. The van der Waals surface area contributed by atoms with E-state index in [0.29, 0.717) is 0 Å². The van der Waals surface area contributed by atoms with Gasteiger partial charge in [-0.25, -0.2) is 17.6 Å². The molecule has 132 valence electrons. The van der Waals surface area contributed by atoms with E-state index in [4.69, 9.17) is 0 Å². The second-order valence-corrected chi connectivity index (χ2v) is 5.96. The Kier molecular flexibility index (Phi) is 4.61. The van der Waals surface area contributed by atoms with Gasteiger partial charge in [0.15, 0.2) is 0 Å². The van der Waals surface area contributed by atoms with Crippen LogP contribution in [0.4, 0.5) is 23.2 Å². The normalized spacial score (nSPS) is 17.4. The van der Waals surface area contributed by atoms with Crippen LogP contribution >= 0.6 is 0 Å². The van der Waals surface area contributed by atoms with Crippen molar-refractivity contribution in [3.8, 4) is 0 Å². The molecule has 1 atom stereocenters. The summed E-state index contributed by atoms with van der Waals surface area (Å²) in [7, 11) is 0. The Morgan fingerprint density at radius 3 is 2.56 bits per heavy atom. The van der Waals surface area contributed by atoms with Crippen LogP contribution in [0.3, 0.4) is 0 Å². The molecule has 0 spiro atoms. The van der Waals surface area contributed by atoms with Crippen molar-refractivity contribution >= 4 is 11.6 Å². The van der Waals surface area contributed by atoms with E-state index in [1.54, 1.807) is 6.07 Å². The maximum Gasteiger partial charge on any atom is 0.252 e. The average Bonchev–Trinajstić information content (AvgIpc) is 2.51. The number of nitrogens with one attached hydrogen (secondary N) is 2. The fraction of sp³-hybridized carbons (Fsp3) is 0.294. The summed E-state index contributed by atoms with van der Waals surface area (Å²) >= 11 is 0. The standard InChI is InChI=1S/C17H15F4N3O/c18-10-5-11(9-22-8-10)23-15(13-3-1-2-4-14(13)19)16(25)24-12-6-17(20,21)7-12/h1-5,8-9,12,15,23H,6-7H2,(H,24,25)/t15-/m0/s1. The molecule has 1 aromatic heterocycles. The van der Waals surface area contributed by atoms with Crippen molar-refractivity contribution in [3.63, 3.8) is 0 Å². The predicted molar refractivity (Wildman–Crippen MR) is 83.1 cm³/mol. The highest BCUT2D eigenvalue weighted by atomic mass is 19.3. The Hall–Kier alpha value is -2.64. The highest BCUT2D eigenvalue weighted by Gasteiger charge is 2.46. The minimum atomic E-state index is -2.79. The number of anilines is 1. The van der Waals surface area contributed by atoms with Crippen LogP contribution in [0.1, 0.15) is 24.4 Å². The van der Waals surface area contributed by atoms with E-state index in [1.165, 1.54) is 24.4 Å². The molecule has 0 aliphatic heterocycles. The zero-order valence-corrected chi connectivity index (χ0v) is 13.0. The van der Waals surface area contributed by atoms with Gasteiger partial charge in [-0.2, -0.15) is 0 Å². The Morgan fingerprint density at radius 1 is 1.20 bits per heavy atom. The quantitative estimate of drug-likeness (QED) is 0.810. The van der Waals surface area contributed by atoms with Gasteiger partial charge >= 0.3 is 0 Å². The number of benzene rings is 1. The molecule has 0 unspecified atom stereocenters. The SMILES string of the molecule is O=C(NC1CC(F)(F)C1)[C@@H](Nc1cncc(F)c1)c1ccccc1F. The van der Waals surface area contributed by atoms with Gasteiger partial charge in [0.1, 0.15) is 17.7 Å². The van der Waals surface area contributed by atoms with Crippen molar-refractivity contribution < 1.29 is 22.4 Å². The molecule has 0 saturated heterocycles. The minimum Gasteiger partial charge on any atom is -0.369 e. The fourth-order valence-electron chi connectivity index (χ4n) is 2.70. The third-order valence-corrected chi connectivity index (χ3v) is 3.93. The molecule has 1 fully saturated rings. The lowest BCUT2D eigenvalue weighted by molar-refractivity contribution is -0.130. The van der Waals surface area contributed by atoms with Gasteiger partial charge in [0.25, 0.3) is 5.92 Å². The lowest BCUT2D eigenvalue weighted by Gasteiger charge is -2.36. The van der Waals surface area contributed by atoms with Crippen LogP contribution in [0.25, 0.3) is 0 Å². The van der Waals surface area contributed by atoms with Gasteiger partial charge in [-0.1, -0.05) is 18.2 Å². The second-order valence-electron chi connectivity index (χ2n) is 5.96. The molecule has 1 aromatic carbocycles. The van der Waals surface area contributed by atoms with Crippen molar-refractivity contribution in [3.05, 3.63) is 59.9 Å². The topological polar surface area (TPSA) is 54.0 Å². The summed E-state index contributed by atoms with van der Waals surface area (Å²) in [6.07, 6.45) is 1.36. The Morgan fingerprint density at radius 2 is 1.92 bits per heavy atom. The summed E-state index contributed by atoms with van der Waals surface area (Å²) in [5.74, 6) is -4.73. The number of pyridine rings is 1. The molecule has 1 saturated carbocycles. The summed E-state index contributed by atoms with van der Waals surface area (Å²) < 4.78 is 53.3. The number of rotatable bonds is 5. The first-order chi connectivity index (χ1) is 11.8. The molecule has 2 N–H and O–H groups in total. The van der Waals surface area contributed by atoms with Crippen molar-refractivity contribution in [2.45, 2.75) is 30.8 Å². The van der Waals surface area contributed by atoms with Crippen molar-refractivity contribution in [1.29, 1.82) is 0 Å². The summed E-state index contributed by atoms with van der Waals surface area (Å²) in [6.45, 7) is 0. The van der Waals surface area contributed by atoms with Crippen LogP contribution in [0, 0.1) is 11.6 Å². The number of aromatic nitrogens is 1. The van der Waals surface area contributed by atoms with Crippen LogP contribution in [-0.2, 0) is 4.79 Å². The number of amides is 1. The van der Waals surface area contributed by atoms with E-state index in [9.17, 15) is 22.4 Å². The van der Waals surface area contributed by atoms with E-state index in [-0.39, 0.29) is 11.3 Å². The van der Waals surface area contributed by atoms with E-state index in [0.717, 1.165) is 12.3 Å². The molecule has 0 radical (unpaired) electrons. The largest absolute Gasteiger partial charge is 0.369 e. The summed E-state index contributed by atoms with van der Waals surface area (Å²) in [6, 6.07) is 4.80. The van der Waals surface area contributed by atoms with E-state index in [2.05, 4.69) is 15.6 Å². The molecule has 1 aliphatic rings. The first-order valence-electron chi connectivity index (χ1n) is 7.64. The molecule has 25 heavy (non-hydrogen) atoms. The van der Waals surface area contributed by atoms with E-state index >= 15 is 0 Å². The lowest BCUT2D eigenvalue weighted by Crippen LogP contribution is -2.52. The smallest absolute Gasteiger partial charge is 0.252 e. The van der Waals surface area contributed by atoms with Gasteiger partial charge in [0.05, 0.1) is 18.1 Å². The number of hydrogen-bond donors (Lipinski definition) is 2. The second kappa shape index (κ2) is 6.70. The maximum absolute atomic E-state index is 14.1. The third-order valence-electron chi connectivity index (χ3n) is 3.93. The van der Waals surface area contributed by atoms with Gasteiger partial charge in [-0.05, 0) is 6.07 Å². The zero-order chi connectivity index (χ0) is 18.0. The molecule has 1 heterocycles. The molecule has 0 bridgehead atoms. The van der Waals surface area contributed by atoms with E-state index in [1.807, 2.05) is 0 Å². The zero-order valence-electron chi connectivity index (χ0n) is 13.0. The number of hydrogen-bond acceptors (Lipinski definition) is 3. The van der Waals surface area contributed by atoms with Gasteiger partial charge in [-0.3, -0.25) is 9.78 Å². The maximum atomic E-state index is 14.1. The number of carbonyl (C=O) groups excluding carboxylic acids is 1. The molecule has 8 heteroatoms. The minimum absolute atomic E-state index is 0.0235. The number of carbonyl (C=O) groups is 1. The summed E-state index contributed by atoms with van der Waals surface area (Å²) in [5, 5.41) is 5.18. The molecule has 1 aliphatic carbocycles. The molecule has 2 aromatic rings. The summed E-state index contributed by atoms with van der Waals surface area (Å²) in [4.78, 5) is 16.2. The van der Waals surface area contributed by atoms with Crippen LogP contribution in [-0.4, -0.2) is 22.9 Å². The predicted octanol–water partition coefficient (Wildman–Crippen LogP) is 3.43. The average molecular weight is 353 g/mol. The molecule has 4 nitrogen and oxygen atoms in total. The van der Waals surface area contributed by atoms with E-state index < -0.39 is 48.4 Å².